The van der Waals surface area contributed by atoms with Crippen LogP contribution in [0.3, 0.4) is 0 Å². The highest BCUT2D eigenvalue weighted by molar-refractivity contribution is 5.80. The van der Waals surface area contributed by atoms with Gasteiger partial charge in [-0.1, -0.05) is 38.1 Å². The van der Waals surface area contributed by atoms with Crippen LogP contribution in [0.4, 0.5) is 0 Å². The Morgan fingerprint density at radius 2 is 1.91 bits per heavy atom. The number of fused-ring (bicyclic) bond motifs is 1. The highest BCUT2D eigenvalue weighted by Crippen LogP contribution is 2.51. The molecule has 1 heterocycles. The maximum Gasteiger partial charge on any atom is 0.229 e. The predicted molar refractivity (Wildman–Crippen MR) is 133 cm³/mol. The van der Waals surface area contributed by atoms with Gasteiger partial charge in [-0.3, -0.25) is 4.79 Å². The van der Waals surface area contributed by atoms with Crippen LogP contribution in [0.15, 0.2) is 42.0 Å². The monoisotopic (exact) mass is 438 g/mol. The molecule has 176 valence electrons. The molecule has 0 radical (unpaired) electrons. The number of allylic oxidation sites excluding steroid dienone is 3. The first-order chi connectivity index (χ1) is 15.5. The molecule has 0 bridgehead atoms. The van der Waals surface area contributed by atoms with Crippen LogP contribution in [0, 0.1) is 11.3 Å². The Hall–Kier alpha value is -2.07. The van der Waals surface area contributed by atoms with Gasteiger partial charge in [0.15, 0.2) is 0 Å². The van der Waals surface area contributed by atoms with Crippen molar-refractivity contribution in [1.82, 2.24) is 10.2 Å². The Morgan fingerprint density at radius 3 is 2.59 bits per heavy atom. The molecule has 0 saturated carbocycles. The van der Waals surface area contributed by atoms with Crippen molar-refractivity contribution in [1.29, 1.82) is 0 Å². The Bertz CT molecular complexity index is 832. The maximum absolute atomic E-state index is 12.9. The number of phenols is 1. The number of phenolic OH excluding ortho intramolecular Hbond substituents is 1. The van der Waals surface area contributed by atoms with Crippen LogP contribution in [-0.4, -0.2) is 42.1 Å². The van der Waals surface area contributed by atoms with E-state index in [4.69, 9.17) is 0 Å². The van der Waals surface area contributed by atoms with E-state index >= 15 is 0 Å². The zero-order chi connectivity index (χ0) is 23.1. The lowest BCUT2D eigenvalue weighted by Crippen LogP contribution is -2.41. The fraction of sp³-hybridized carbons (Fsp3) is 0.607. The molecule has 4 nitrogen and oxygen atoms in total. The molecule has 1 aromatic rings. The molecule has 1 saturated heterocycles. The van der Waals surface area contributed by atoms with Gasteiger partial charge in [0.05, 0.1) is 5.92 Å². The predicted octanol–water partition coefficient (Wildman–Crippen LogP) is 5.58. The van der Waals surface area contributed by atoms with Crippen molar-refractivity contribution in [2.24, 2.45) is 11.3 Å². The third-order valence-electron chi connectivity index (χ3n) is 7.55. The Balaban J connectivity index is 0.00000141. The minimum atomic E-state index is -0.0290. The number of nitrogens with zero attached hydrogens (tertiary/aromatic N) is 1. The lowest BCUT2D eigenvalue weighted by molar-refractivity contribution is -0.133. The molecule has 4 rings (SSSR count). The lowest BCUT2D eigenvalue weighted by atomic mass is 9.61. The molecular formula is C28H42N2O2. The third kappa shape index (κ3) is 5.28. The van der Waals surface area contributed by atoms with E-state index in [1.165, 1.54) is 29.5 Å². The largest absolute Gasteiger partial charge is 0.508 e. The molecule has 1 aromatic carbocycles. The van der Waals surface area contributed by atoms with Gasteiger partial charge in [-0.25, -0.2) is 0 Å². The molecule has 2 aliphatic carbocycles. The third-order valence-corrected chi connectivity index (χ3v) is 7.55. The van der Waals surface area contributed by atoms with E-state index in [9.17, 15) is 9.90 Å². The van der Waals surface area contributed by atoms with Crippen LogP contribution in [-0.2, 0) is 11.2 Å². The summed E-state index contributed by atoms with van der Waals surface area (Å²) < 4.78 is 0. The van der Waals surface area contributed by atoms with Gasteiger partial charge in [-0.2, -0.15) is 0 Å². The average molecular weight is 439 g/mol. The van der Waals surface area contributed by atoms with E-state index in [0.29, 0.717) is 17.1 Å². The molecule has 1 spiro atoms. The summed E-state index contributed by atoms with van der Waals surface area (Å²) in [6.07, 6.45) is 13.2. The summed E-state index contributed by atoms with van der Waals surface area (Å²) in [6, 6.07) is 5.95. The lowest BCUT2D eigenvalue weighted by Gasteiger charge is -2.45. The van der Waals surface area contributed by atoms with Gasteiger partial charge in [-0.05, 0) is 99.7 Å². The smallest absolute Gasteiger partial charge is 0.229 e. The second kappa shape index (κ2) is 11.2. The van der Waals surface area contributed by atoms with Crippen LogP contribution in [0.2, 0.25) is 0 Å². The fourth-order valence-corrected chi connectivity index (χ4v) is 5.78. The summed E-state index contributed by atoms with van der Waals surface area (Å²) in [5, 5.41) is 13.7. The van der Waals surface area contributed by atoms with E-state index in [2.05, 4.69) is 43.5 Å². The minimum absolute atomic E-state index is 0.0290. The Morgan fingerprint density at radius 1 is 1.19 bits per heavy atom. The highest BCUT2D eigenvalue weighted by Gasteiger charge is 2.40. The first kappa shape index (κ1) is 24.6. The first-order valence-corrected chi connectivity index (χ1v) is 12.7. The number of rotatable bonds is 4. The molecule has 2 N–H and O–H groups in total. The van der Waals surface area contributed by atoms with Crippen molar-refractivity contribution >= 4 is 5.91 Å². The summed E-state index contributed by atoms with van der Waals surface area (Å²) in [7, 11) is 0. The van der Waals surface area contributed by atoms with Crippen LogP contribution in [0.25, 0.3) is 0 Å². The Kier molecular flexibility index (Phi) is 8.58. The molecule has 1 fully saturated rings. The standard InChI is InChI=1S/C26H36N2O2.C2H6/c1-3-28(4-2)25(30)20-7-5-6-19(8-9-20)24-18-26(12-14-27-15-13-26)17-21-10-11-22(29)16-23(21)24;1-2/h6,8-11,16,20,24,27,29H,3-5,7,12-15,17-18H2,1-2H3;1-2H3. The van der Waals surface area contributed by atoms with E-state index in [-0.39, 0.29) is 11.8 Å². The van der Waals surface area contributed by atoms with Gasteiger partial charge in [-0.15, -0.1) is 0 Å². The summed E-state index contributed by atoms with van der Waals surface area (Å²) in [6.45, 7) is 11.8. The van der Waals surface area contributed by atoms with E-state index in [1.807, 2.05) is 30.9 Å². The van der Waals surface area contributed by atoms with E-state index in [1.54, 1.807) is 0 Å². The van der Waals surface area contributed by atoms with Gasteiger partial charge in [0.25, 0.3) is 0 Å². The maximum atomic E-state index is 12.9. The molecule has 1 amide bonds. The minimum Gasteiger partial charge on any atom is -0.508 e. The molecule has 0 aromatic heterocycles. The van der Waals surface area contributed by atoms with Crippen LogP contribution in [0.1, 0.15) is 76.8 Å². The topological polar surface area (TPSA) is 52.6 Å². The van der Waals surface area contributed by atoms with Gasteiger partial charge in [0.1, 0.15) is 5.75 Å². The normalized spacial score (nSPS) is 23.9. The number of amides is 1. The molecule has 1 aliphatic heterocycles. The number of aromatic hydroxyl groups is 1. The second-order valence-electron chi connectivity index (χ2n) is 9.32. The molecule has 2 atom stereocenters. The van der Waals surface area contributed by atoms with E-state index < -0.39 is 0 Å². The average Bonchev–Trinajstić information content (AvgIpc) is 3.08. The van der Waals surface area contributed by atoms with Crippen molar-refractivity contribution in [2.75, 3.05) is 26.2 Å². The second-order valence-corrected chi connectivity index (χ2v) is 9.32. The highest BCUT2D eigenvalue weighted by atomic mass is 16.3. The van der Waals surface area contributed by atoms with Crippen molar-refractivity contribution in [3.8, 4) is 5.75 Å². The number of carbonyl (C=O) groups excluding carboxylic acids is 1. The molecular weight excluding hydrogens is 396 g/mol. The molecule has 4 heteroatoms. The Labute approximate surface area is 194 Å². The SMILES string of the molecule is CC.CCN(CC)C(=O)C1C=CC(C2CC3(CCNCC3)Cc3ccc(O)cc32)=CCC1. The number of benzene rings is 1. The first-order valence-electron chi connectivity index (χ1n) is 12.7. The van der Waals surface area contributed by atoms with Gasteiger partial charge >= 0.3 is 0 Å². The quantitative estimate of drug-likeness (QED) is 0.645. The number of piperidine rings is 1. The van der Waals surface area contributed by atoms with E-state index in [0.717, 1.165) is 51.9 Å². The number of hydrogen-bond acceptors (Lipinski definition) is 3. The zero-order valence-corrected chi connectivity index (χ0v) is 20.5. The number of carbonyl (C=O) groups is 1. The number of nitrogens with one attached hydrogen (secondary N) is 1. The van der Waals surface area contributed by atoms with Crippen molar-refractivity contribution in [3.05, 3.63) is 53.1 Å². The summed E-state index contributed by atoms with van der Waals surface area (Å²) in [4.78, 5) is 14.8. The van der Waals surface area contributed by atoms with Crippen molar-refractivity contribution in [3.63, 3.8) is 0 Å². The molecule has 2 unspecified atom stereocenters. The molecule has 32 heavy (non-hydrogen) atoms. The van der Waals surface area contributed by atoms with Crippen molar-refractivity contribution < 1.29 is 9.90 Å². The van der Waals surface area contributed by atoms with Crippen LogP contribution < -0.4 is 5.32 Å². The summed E-state index contributed by atoms with van der Waals surface area (Å²) >= 11 is 0. The number of hydrogen-bond donors (Lipinski definition) is 2. The van der Waals surface area contributed by atoms with Crippen LogP contribution in [0.5, 0.6) is 5.75 Å². The van der Waals surface area contributed by atoms with Crippen LogP contribution >= 0.6 is 0 Å². The summed E-state index contributed by atoms with van der Waals surface area (Å²) in [5.74, 6) is 0.881. The van der Waals surface area contributed by atoms with Crippen molar-refractivity contribution in [2.45, 2.75) is 72.1 Å². The van der Waals surface area contributed by atoms with Gasteiger partial charge in [0.2, 0.25) is 5.91 Å². The van der Waals surface area contributed by atoms with Gasteiger partial charge in [0, 0.05) is 19.0 Å². The molecule has 3 aliphatic rings. The zero-order valence-electron chi connectivity index (χ0n) is 20.5. The fourth-order valence-electron chi connectivity index (χ4n) is 5.78. The van der Waals surface area contributed by atoms with Gasteiger partial charge < -0.3 is 15.3 Å². The summed E-state index contributed by atoms with van der Waals surface area (Å²) in [5.41, 5.74) is 4.34.